The molecule has 124 valence electrons. The number of carboxylic acids is 1. The van der Waals surface area contributed by atoms with Gasteiger partial charge < -0.3 is 14.9 Å². The topological polar surface area (TPSA) is 60.9 Å². The van der Waals surface area contributed by atoms with Crippen LogP contribution in [0.4, 0.5) is 4.79 Å². The van der Waals surface area contributed by atoms with E-state index in [0.29, 0.717) is 13.0 Å². The number of amides is 2. The lowest BCUT2D eigenvalue weighted by molar-refractivity contribution is -0.137. The molecule has 0 aromatic rings. The fourth-order valence-electron chi connectivity index (χ4n) is 2.19. The normalized spacial score (nSPS) is 12.3. The fourth-order valence-corrected chi connectivity index (χ4v) is 2.19. The van der Waals surface area contributed by atoms with Crippen LogP contribution in [0.2, 0.25) is 0 Å². The summed E-state index contributed by atoms with van der Waals surface area (Å²) < 4.78 is 0. The molecule has 0 radical (unpaired) electrons. The molecule has 0 rings (SSSR count). The van der Waals surface area contributed by atoms with Crippen LogP contribution in [-0.2, 0) is 4.79 Å². The lowest BCUT2D eigenvalue weighted by atomic mass is 10.2. The Balaban J connectivity index is 4.81. The smallest absolute Gasteiger partial charge is 0.320 e. The predicted octanol–water partition coefficient (Wildman–Crippen LogP) is 3.58. The van der Waals surface area contributed by atoms with Crippen LogP contribution in [0.25, 0.3) is 0 Å². The molecule has 1 N–H and O–H groups in total. The molecule has 0 aromatic heterocycles. The quantitative estimate of drug-likeness (QED) is 0.671. The second-order valence-corrected chi connectivity index (χ2v) is 5.87. The van der Waals surface area contributed by atoms with Gasteiger partial charge in [-0.1, -0.05) is 20.3 Å². The Hall–Kier alpha value is -1.26. The minimum Gasteiger partial charge on any atom is -0.481 e. The average Bonchev–Trinajstić information content (AvgIpc) is 2.42. The van der Waals surface area contributed by atoms with Crippen molar-refractivity contribution in [2.24, 2.45) is 0 Å². The van der Waals surface area contributed by atoms with Gasteiger partial charge in [-0.15, -0.1) is 0 Å². The first kappa shape index (κ1) is 19.7. The SMILES string of the molecule is CCCCN(C(=O)N(CCCC(=O)O)C(C)C)C(C)CC. The summed E-state index contributed by atoms with van der Waals surface area (Å²) in [6.45, 7) is 11.5. The Morgan fingerprint density at radius 3 is 2.00 bits per heavy atom. The third-order valence-corrected chi connectivity index (χ3v) is 3.78. The lowest BCUT2D eigenvalue weighted by Crippen LogP contribution is -2.50. The first-order chi connectivity index (χ1) is 9.84. The molecule has 2 amide bonds. The van der Waals surface area contributed by atoms with E-state index in [9.17, 15) is 9.59 Å². The highest BCUT2D eigenvalue weighted by Crippen LogP contribution is 2.13. The zero-order valence-corrected chi connectivity index (χ0v) is 14.3. The molecule has 5 nitrogen and oxygen atoms in total. The van der Waals surface area contributed by atoms with Crippen molar-refractivity contribution in [1.29, 1.82) is 0 Å². The van der Waals surface area contributed by atoms with Crippen molar-refractivity contribution < 1.29 is 14.7 Å². The average molecular weight is 300 g/mol. The van der Waals surface area contributed by atoms with Gasteiger partial charge in [0.15, 0.2) is 0 Å². The van der Waals surface area contributed by atoms with Crippen LogP contribution < -0.4 is 0 Å². The summed E-state index contributed by atoms with van der Waals surface area (Å²) in [5.74, 6) is -0.809. The minimum absolute atomic E-state index is 0.0400. The van der Waals surface area contributed by atoms with Crippen LogP contribution in [-0.4, -0.2) is 52.1 Å². The second kappa shape index (κ2) is 10.5. The van der Waals surface area contributed by atoms with Gasteiger partial charge in [0.25, 0.3) is 0 Å². The molecule has 0 bridgehead atoms. The van der Waals surface area contributed by atoms with Gasteiger partial charge in [0.2, 0.25) is 0 Å². The van der Waals surface area contributed by atoms with E-state index >= 15 is 0 Å². The van der Waals surface area contributed by atoms with Crippen LogP contribution in [0.3, 0.4) is 0 Å². The predicted molar refractivity (Wildman–Crippen MR) is 85.5 cm³/mol. The van der Waals surface area contributed by atoms with Crippen molar-refractivity contribution in [3.8, 4) is 0 Å². The highest BCUT2D eigenvalue weighted by Gasteiger charge is 2.25. The van der Waals surface area contributed by atoms with Crippen molar-refractivity contribution in [2.45, 2.75) is 78.8 Å². The van der Waals surface area contributed by atoms with Crippen LogP contribution >= 0.6 is 0 Å². The number of hydrogen-bond acceptors (Lipinski definition) is 2. The molecule has 0 saturated carbocycles. The van der Waals surface area contributed by atoms with Crippen LogP contribution in [0, 0.1) is 0 Å². The third-order valence-electron chi connectivity index (χ3n) is 3.78. The maximum absolute atomic E-state index is 12.8. The molecule has 0 saturated heterocycles. The summed E-state index contributed by atoms with van der Waals surface area (Å²) in [6, 6.07) is 0.336. The van der Waals surface area contributed by atoms with Gasteiger partial charge in [-0.3, -0.25) is 4.79 Å². The van der Waals surface area contributed by atoms with Gasteiger partial charge in [-0.05, 0) is 40.0 Å². The van der Waals surface area contributed by atoms with Crippen LogP contribution in [0.15, 0.2) is 0 Å². The van der Waals surface area contributed by atoms with Crippen molar-refractivity contribution in [3.63, 3.8) is 0 Å². The standard InChI is InChI=1S/C16H32N2O3/c1-6-8-11-18(14(5)7-2)16(21)17(13(3)4)12-9-10-15(19)20/h13-14H,6-12H2,1-5H3,(H,19,20). The Bertz CT molecular complexity index is 319. The number of unbranched alkanes of at least 4 members (excludes halogenated alkanes) is 1. The van der Waals surface area contributed by atoms with Gasteiger partial charge >= 0.3 is 12.0 Å². The maximum Gasteiger partial charge on any atom is 0.320 e. The van der Waals surface area contributed by atoms with E-state index in [1.807, 2.05) is 18.7 Å². The summed E-state index contributed by atoms with van der Waals surface area (Å²) >= 11 is 0. The number of hydrogen-bond donors (Lipinski definition) is 1. The molecule has 1 atom stereocenters. The molecular weight excluding hydrogens is 268 g/mol. The molecule has 0 aliphatic heterocycles. The molecule has 0 heterocycles. The monoisotopic (exact) mass is 300 g/mol. The summed E-state index contributed by atoms with van der Waals surface area (Å²) in [7, 11) is 0. The van der Waals surface area contributed by atoms with Gasteiger partial charge in [-0.2, -0.15) is 0 Å². The highest BCUT2D eigenvalue weighted by molar-refractivity contribution is 5.75. The summed E-state index contributed by atoms with van der Waals surface area (Å²) in [5, 5.41) is 8.74. The highest BCUT2D eigenvalue weighted by atomic mass is 16.4. The summed E-state index contributed by atoms with van der Waals surface area (Å²) in [5.41, 5.74) is 0. The number of urea groups is 1. The Kier molecular flexibility index (Phi) is 9.84. The molecule has 0 aliphatic carbocycles. The third kappa shape index (κ3) is 7.34. The van der Waals surface area contributed by atoms with E-state index in [0.717, 1.165) is 25.8 Å². The van der Waals surface area contributed by atoms with E-state index in [1.165, 1.54) is 0 Å². The van der Waals surface area contributed by atoms with E-state index in [4.69, 9.17) is 5.11 Å². The number of nitrogens with zero attached hydrogens (tertiary/aromatic N) is 2. The van der Waals surface area contributed by atoms with Gasteiger partial charge in [0.05, 0.1) is 0 Å². The number of carbonyl (C=O) groups is 2. The van der Waals surface area contributed by atoms with Crippen molar-refractivity contribution in [1.82, 2.24) is 9.80 Å². The number of carbonyl (C=O) groups excluding carboxylic acids is 1. The number of carboxylic acid groups (broad SMARTS) is 1. The van der Waals surface area contributed by atoms with E-state index < -0.39 is 5.97 Å². The number of rotatable bonds is 10. The van der Waals surface area contributed by atoms with Crippen LogP contribution in [0.1, 0.15) is 66.7 Å². The van der Waals surface area contributed by atoms with Crippen LogP contribution in [0.5, 0.6) is 0 Å². The fraction of sp³-hybridized carbons (Fsp3) is 0.875. The lowest BCUT2D eigenvalue weighted by Gasteiger charge is -2.36. The minimum atomic E-state index is -0.809. The van der Waals surface area contributed by atoms with Gasteiger partial charge in [-0.25, -0.2) is 4.79 Å². The van der Waals surface area contributed by atoms with Crippen molar-refractivity contribution >= 4 is 12.0 Å². The molecule has 0 spiro atoms. The maximum atomic E-state index is 12.8. The van der Waals surface area contributed by atoms with Crippen molar-refractivity contribution in [2.75, 3.05) is 13.1 Å². The first-order valence-electron chi connectivity index (χ1n) is 8.14. The van der Waals surface area contributed by atoms with Gasteiger partial charge in [0, 0.05) is 31.6 Å². The molecule has 21 heavy (non-hydrogen) atoms. The zero-order valence-electron chi connectivity index (χ0n) is 14.3. The molecule has 0 fully saturated rings. The number of aliphatic carboxylic acids is 1. The Labute approximate surface area is 129 Å². The molecule has 5 heteroatoms. The van der Waals surface area contributed by atoms with Gasteiger partial charge in [0.1, 0.15) is 0 Å². The Morgan fingerprint density at radius 2 is 1.57 bits per heavy atom. The zero-order chi connectivity index (χ0) is 16.4. The molecule has 1 unspecified atom stereocenters. The summed E-state index contributed by atoms with van der Waals surface area (Å²) in [6.07, 6.45) is 3.59. The van der Waals surface area contributed by atoms with E-state index in [-0.39, 0.29) is 24.5 Å². The molecular formula is C16H32N2O3. The van der Waals surface area contributed by atoms with Crippen molar-refractivity contribution in [3.05, 3.63) is 0 Å². The molecule has 0 aliphatic rings. The Morgan fingerprint density at radius 1 is 1.00 bits per heavy atom. The molecule has 0 aromatic carbocycles. The largest absolute Gasteiger partial charge is 0.481 e. The second-order valence-electron chi connectivity index (χ2n) is 5.87. The van der Waals surface area contributed by atoms with E-state index in [1.54, 1.807) is 4.90 Å². The summed E-state index contributed by atoms with van der Waals surface area (Å²) in [4.78, 5) is 27.1. The first-order valence-corrected chi connectivity index (χ1v) is 8.14. The van der Waals surface area contributed by atoms with E-state index in [2.05, 4.69) is 20.8 Å².